The van der Waals surface area contributed by atoms with Gasteiger partial charge in [0.05, 0.1) is 17.4 Å². The molecule has 2 N–H and O–H groups in total. The Morgan fingerprint density at radius 3 is 2.42 bits per heavy atom. The molecule has 2 aromatic heterocycles. The minimum absolute atomic E-state index is 0.0103. The molecule has 0 fully saturated rings. The van der Waals surface area contributed by atoms with Crippen LogP contribution < -0.4 is 16.3 Å². The van der Waals surface area contributed by atoms with Gasteiger partial charge >= 0.3 is 17.8 Å². The van der Waals surface area contributed by atoms with Crippen molar-refractivity contribution >= 4 is 28.4 Å². The fourth-order valence-corrected chi connectivity index (χ4v) is 3.55. The molecule has 2 heterocycles. The number of amides is 2. The molecule has 5 aromatic rings. The van der Waals surface area contributed by atoms with E-state index in [1.807, 2.05) is 0 Å². The molecule has 5 rings (SSSR count). The number of hydrogen-bond donors (Lipinski definition) is 2. The number of anilines is 2. The van der Waals surface area contributed by atoms with E-state index in [0.717, 1.165) is 17.5 Å². The van der Waals surface area contributed by atoms with Crippen LogP contribution in [0, 0.1) is 0 Å². The molecule has 0 aliphatic rings. The number of benzene rings is 3. The van der Waals surface area contributed by atoms with Gasteiger partial charge in [-0.15, -0.1) is 5.10 Å². The van der Waals surface area contributed by atoms with Crippen LogP contribution in [0.4, 0.5) is 29.3 Å². The Morgan fingerprint density at radius 1 is 0.889 bits per heavy atom. The van der Waals surface area contributed by atoms with E-state index in [2.05, 4.69) is 20.9 Å². The third-order valence-corrected chi connectivity index (χ3v) is 5.22. The molecule has 0 bridgehead atoms. The number of halogens is 3. The van der Waals surface area contributed by atoms with Gasteiger partial charge in [0, 0.05) is 28.4 Å². The SMILES string of the molecule is O=C(Nc1cccc(-c2cn(-c3ccc4oc(=O)ccc4c3)nn2)c1)Nc1cccc(C(F)(F)F)c1. The molecule has 180 valence electrons. The second-order valence-electron chi connectivity index (χ2n) is 7.76. The van der Waals surface area contributed by atoms with Crippen molar-refractivity contribution in [3.63, 3.8) is 0 Å². The Balaban J connectivity index is 1.32. The van der Waals surface area contributed by atoms with Gasteiger partial charge in [0.1, 0.15) is 11.3 Å². The van der Waals surface area contributed by atoms with Gasteiger partial charge in [-0.25, -0.2) is 14.3 Å². The van der Waals surface area contributed by atoms with Crippen LogP contribution in [0.3, 0.4) is 0 Å². The van der Waals surface area contributed by atoms with E-state index in [-0.39, 0.29) is 5.69 Å². The maximum Gasteiger partial charge on any atom is 0.416 e. The molecule has 0 saturated heterocycles. The highest BCUT2D eigenvalue weighted by Gasteiger charge is 2.30. The Labute approximate surface area is 201 Å². The number of carbonyl (C=O) groups excluding carboxylic acids is 1. The number of fused-ring (bicyclic) bond motifs is 1. The summed E-state index contributed by atoms with van der Waals surface area (Å²) in [6.07, 6.45) is -2.81. The largest absolute Gasteiger partial charge is 0.423 e. The first-order valence-electron chi connectivity index (χ1n) is 10.6. The maximum absolute atomic E-state index is 12.9. The maximum atomic E-state index is 12.9. The molecule has 0 saturated carbocycles. The van der Waals surface area contributed by atoms with Crippen LogP contribution in [0.5, 0.6) is 0 Å². The highest BCUT2D eigenvalue weighted by atomic mass is 19.4. The van der Waals surface area contributed by atoms with Crippen LogP contribution in [0.25, 0.3) is 27.9 Å². The van der Waals surface area contributed by atoms with Gasteiger partial charge in [0.15, 0.2) is 0 Å². The lowest BCUT2D eigenvalue weighted by atomic mass is 10.1. The van der Waals surface area contributed by atoms with Gasteiger partial charge in [-0.3, -0.25) is 0 Å². The number of urea groups is 1. The molecule has 2 amide bonds. The summed E-state index contributed by atoms with van der Waals surface area (Å²) in [5.41, 5.74) is 1.46. The quantitative estimate of drug-likeness (QED) is 0.314. The first kappa shape index (κ1) is 22.8. The summed E-state index contributed by atoms with van der Waals surface area (Å²) in [7, 11) is 0. The van der Waals surface area contributed by atoms with E-state index in [1.165, 1.54) is 18.2 Å². The smallest absolute Gasteiger partial charge is 0.416 e. The van der Waals surface area contributed by atoms with Gasteiger partial charge in [0.25, 0.3) is 0 Å². The topological polar surface area (TPSA) is 102 Å². The molecule has 0 atom stereocenters. The highest BCUT2D eigenvalue weighted by molar-refractivity contribution is 6.00. The Bertz CT molecular complexity index is 1640. The summed E-state index contributed by atoms with van der Waals surface area (Å²) in [6, 6.07) is 18.6. The van der Waals surface area contributed by atoms with Gasteiger partial charge in [0.2, 0.25) is 0 Å². The van der Waals surface area contributed by atoms with E-state index in [9.17, 15) is 22.8 Å². The zero-order valence-corrected chi connectivity index (χ0v) is 18.3. The molecule has 0 radical (unpaired) electrons. The first-order valence-corrected chi connectivity index (χ1v) is 10.6. The van der Waals surface area contributed by atoms with Crippen molar-refractivity contribution in [3.8, 4) is 16.9 Å². The fraction of sp³-hybridized carbons (Fsp3) is 0.0400. The summed E-state index contributed by atoms with van der Waals surface area (Å²) in [5, 5.41) is 14.0. The van der Waals surface area contributed by atoms with Crippen molar-refractivity contribution in [3.05, 3.63) is 101 Å². The second-order valence-corrected chi connectivity index (χ2v) is 7.76. The number of alkyl halides is 3. The summed E-state index contributed by atoms with van der Waals surface area (Å²) < 4.78 is 45.4. The van der Waals surface area contributed by atoms with Gasteiger partial charge in [-0.05, 0) is 54.6 Å². The van der Waals surface area contributed by atoms with E-state index in [0.29, 0.717) is 28.2 Å². The Kier molecular flexibility index (Phi) is 5.72. The number of rotatable bonds is 4. The molecule has 3 aromatic carbocycles. The van der Waals surface area contributed by atoms with Crippen molar-refractivity contribution in [2.24, 2.45) is 0 Å². The lowest BCUT2D eigenvalue weighted by Crippen LogP contribution is -2.19. The monoisotopic (exact) mass is 491 g/mol. The number of aromatic nitrogens is 3. The van der Waals surface area contributed by atoms with Gasteiger partial charge in [-0.1, -0.05) is 23.4 Å². The lowest BCUT2D eigenvalue weighted by Gasteiger charge is -2.11. The zero-order chi connectivity index (χ0) is 25.3. The van der Waals surface area contributed by atoms with Crippen molar-refractivity contribution < 1.29 is 22.4 Å². The first-order chi connectivity index (χ1) is 17.2. The van der Waals surface area contributed by atoms with Crippen molar-refractivity contribution in [1.29, 1.82) is 0 Å². The van der Waals surface area contributed by atoms with Crippen LogP contribution in [0.1, 0.15) is 5.56 Å². The van der Waals surface area contributed by atoms with E-state index in [1.54, 1.807) is 59.4 Å². The number of nitrogens with zero attached hydrogens (tertiary/aromatic N) is 3. The molecular formula is C25H16F3N5O3. The minimum atomic E-state index is -4.51. The summed E-state index contributed by atoms with van der Waals surface area (Å²) in [5.74, 6) is 0. The number of hydrogen-bond acceptors (Lipinski definition) is 5. The molecule has 8 nitrogen and oxygen atoms in total. The molecule has 0 aliphatic carbocycles. The second kappa shape index (κ2) is 9.02. The normalized spacial score (nSPS) is 11.4. The van der Waals surface area contributed by atoms with Crippen LogP contribution in [0.2, 0.25) is 0 Å². The zero-order valence-electron chi connectivity index (χ0n) is 18.3. The number of carbonyl (C=O) groups is 1. The third kappa shape index (κ3) is 4.94. The van der Waals surface area contributed by atoms with Crippen LogP contribution in [0.15, 0.2) is 94.3 Å². The molecular weight excluding hydrogens is 475 g/mol. The van der Waals surface area contributed by atoms with Crippen LogP contribution >= 0.6 is 0 Å². The predicted molar refractivity (Wildman–Crippen MR) is 127 cm³/mol. The number of nitrogens with one attached hydrogen (secondary N) is 2. The van der Waals surface area contributed by atoms with Crippen LogP contribution in [-0.4, -0.2) is 21.0 Å². The third-order valence-electron chi connectivity index (χ3n) is 5.22. The lowest BCUT2D eigenvalue weighted by molar-refractivity contribution is -0.137. The average Bonchev–Trinajstić information content (AvgIpc) is 3.34. The van der Waals surface area contributed by atoms with Crippen molar-refractivity contribution in [2.75, 3.05) is 10.6 Å². The van der Waals surface area contributed by atoms with E-state index in [4.69, 9.17) is 4.42 Å². The minimum Gasteiger partial charge on any atom is -0.423 e. The van der Waals surface area contributed by atoms with Gasteiger partial charge in [-0.2, -0.15) is 13.2 Å². The van der Waals surface area contributed by atoms with Gasteiger partial charge < -0.3 is 15.1 Å². The predicted octanol–water partition coefficient (Wildman–Crippen LogP) is 5.70. The average molecular weight is 491 g/mol. The van der Waals surface area contributed by atoms with Crippen molar-refractivity contribution in [1.82, 2.24) is 15.0 Å². The summed E-state index contributed by atoms with van der Waals surface area (Å²) >= 11 is 0. The van der Waals surface area contributed by atoms with E-state index < -0.39 is 23.4 Å². The van der Waals surface area contributed by atoms with Crippen LogP contribution in [-0.2, 0) is 6.18 Å². The summed E-state index contributed by atoms with van der Waals surface area (Å²) in [6.45, 7) is 0. The molecule has 0 spiro atoms. The summed E-state index contributed by atoms with van der Waals surface area (Å²) in [4.78, 5) is 23.7. The van der Waals surface area contributed by atoms with E-state index >= 15 is 0 Å². The molecule has 36 heavy (non-hydrogen) atoms. The standard InChI is InChI=1S/C25H16F3N5O3/c26-25(27,28)17-4-2-6-19(13-17)30-24(35)29-18-5-1-3-15(11-18)21-14-33(32-31-21)20-8-9-22-16(12-20)7-10-23(34)36-22/h1-14H,(H2,29,30,35). The Morgan fingerprint density at radius 2 is 1.64 bits per heavy atom. The van der Waals surface area contributed by atoms with Crippen molar-refractivity contribution in [2.45, 2.75) is 6.18 Å². The molecule has 0 aliphatic heterocycles. The highest BCUT2D eigenvalue weighted by Crippen LogP contribution is 2.30. The Hall–Kier alpha value is -4.93. The fourth-order valence-electron chi connectivity index (χ4n) is 3.55. The molecule has 0 unspecified atom stereocenters. The molecule has 11 heteroatoms.